The molecule has 1 aromatic heterocycles. The summed E-state index contributed by atoms with van der Waals surface area (Å²) in [7, 11) is 0. The monoisotopic (exact) mass is 486 g/mol. The van der Waals surface area contributed by atoms with Crippen molar-refractivity contribution in [1.29, 1.82) is 0 Å². The van der Waals surface area contributed by atoms with E-state index in [9.17, 15) is 4.79 Å². The van der Waals surface area contributed by atoms with Gasteiger partial charge in [0.05, 0.1) is 6.20 Å². The normalized spacial score (nSPS) is 14.9. The van der Waals surface area contributed by atoms with E-state index in [1.807, 2.05) is 36.5 Å². The van der Waals surface area contributed by atoms with Gasteiger partial charge in [-0.2, -0.15) is 5.10 Å². The molecule has 5 nitrogen and oxygen atoms in total. The van der Waals surface area contributed by atoms with Crippen LogP contribution in [0.25, 0.3) is 11.1 Å². The maximum absolute atomic E-state index is 10.9. The van der Waals surface area contributed by atoms with E-state index >= 15 is 0 Å². The number of carboxylic acids is 1. The molecule has 0 spiro atoms. The second-order valence-corrected chi connectivity index (χ2v) is 9.54. The summed E-state index contributed by atoms with van der Waals surface area (Å²) in [6, 6.07) is 22.3. The van der Waals surface area contributed by atoms with E-state index in [1.54, 1.807) is 0 Å². The third kappa shape index (κ3) is 5.57. The van der Waals surface area contributed by atoms with E-state index in [-0.39, 0.29) is 6.61 Å². The molecule has 0 amide bonds. The number of aliphatic carboxylic acids is 1. The Hall–Kier alpha value is -3.57. The molecule has 1 aliphatic carbocycles. The molecule has 35 heavy (non-hydrogen) atoms. The summed E-state index contributed by atoms with van der Waals surface area (Å²) in [5.74, 6) is 0.216. The van der Waals surface area contributed by atoms with Gasteiger partial charge in [0, 0.05) is 24.2 Å². The fraction of sp³-hybridized carbons (Fsp3) is 0.241. The van der Waals surface area contributed by atoms with Crippen molar-refractivity contribution in [3.8, 4) is 16.9 Å². The summed E-state index contributed by atoms with van der Waals surface area (Å²) in [4.78, 5) is 10.9. The summed E-state index contributed by atoms with van der Waals surface area (Å²) in [5.41, 5.74) is 7.12. The summed E-state index contributed by atoms with van der Waals surface area (Å²) in [6.07, 6.45) is 7.76. The van der Waals surface area contributed by atoms with Gasteiger partial charge in [-0.1, -0.05) is 60.1 Å². The number of fused-ring (bicyclic) bond motifs is 1. The van der Waals surface area contributed by atoms with Crippen LogP contribution in [0.2, 0.25) is 5.02 Å². The lowest BCUT2D eigenvalue weighted by molar-refractivity contribution is -0.139. The van der Waals surface area contributed by atoms with Crippen molar-refractivity contribution in [2.45, 2.75) is 32.2 Å². The number of benzene rings is 3. The van der Waals surface area contributed by atoms with Crippen molar-refractivity contribution in [2.24, 2.45) is 5.92 Å². The summed E-state index contributed by atoms with van der Waals surface area (Å²) in [6.45, 7) is 0.548. The van der Waals surface area contributed by atoms with Crippen molar-refractivity contribution >= 4 is 17.6 Å². The van der Waals surface area contributed by atoms with Crippen LogP contribution in [0.1, 0.15) is 28.7 Å². The van der Waals surface area contributed by atoms with E-state index < -0.39 is 5.97 Å². The first-order valence-electron chi connectivity index (χ1n) is 11.9. The molecule has 1 aliphatic rings. The minimum atomic E-state index is -0.957. The number of carboxylic acid groups (broad SMARTS) is 1. The Bertz CT molecular complexity index is 1350. The van der Waals surface area contributed by atoms with Gasteiger partial charge in [-0.15, -0.1) is 0 Å². The zero-order chi connectivity index (χ0) is 24.2. The topological polar surface area (TPSA) is 64.3 Å². The third-order valence-corrected chi connectivity index (χ3v) is 6.81. The lowest BCUT2D eigenvalue weighted by atomic mass is 9.83. The first kappa shape index (κ1) is 23.2. The first-order chi connectivity index (χ1) is 17.0. The molecule has 0 bridgehead atoms. The van der Waals surface area contributed by atoms with Gasteiger partial charge in [-0.3, -0.25) is 4.68 Å². The molecule has 0 saturated carbocycles. The highest BCUT2D eigenvalue weighted by Crippen LogP contribution is 2.33. The van der Waals surface area contributed by atoms with Crippen LogP contribution in [0.4, 0.5) is 0 Å². The molecule has 1 atom stereocenters. The number of hydrogen-bond acceptors (Lipinski definition) is 3. The SMILES string of the molecule is O=C(O)COc1cccc2c1CCC(Cn1cc(Cc3ccccc3-c3cccc(Cl)c3)cn1)C2. The molecular weight excluding hydrogens is 460 g/mol. The Morgan fingerprint density at radius 2 is 1.97 bits per heavy atom. The zero-order valence-electron chi connectivity index (χ0n) is 19.4. The lowest BCUT2D eigenvalue weighted by Gasteiger charge is -2.26. The Morgan fingerprint density at radius 1 is 1.11 bits per heavy atom. The maximum Gasteiger partial charge on any atom is 0.341 e. The van der Waals surface area contributed by atoms with Crippen molar-refractivity contribution in [3.63, 3.8) is 0 Å². The second-order valence-electron chi connectivity index (χ2n) is 9.10. The van der Waals surface area contributed by atoms with Gasteiger partial charge in [0.1, 0.15) is 5.75 Å². The number of ether oxygens (including phenoxy) is 1. The number of aromatic nitrogens is 2. The quantitative estimate of drug-likeness (QED) is 0.328. The van der Waals surface area contributed by atoms with E-state index in [0.29, 0.717) is 11.7 Å². The van der Waals surface area contributed by atoms with Crippen LogP contribution >= 0.6 is 11.6 Å². The standard InChI is InChI=1S/C29H27ClN2O3/c30-25-8-3-6-24(15-25)26-9-2-1-5-22(26)14-21-16-31-32(18-21)17-20-11-12-27-23(13-20)7-4-10-28(27)35-19-29(33)34/h1-10,15-16,18,20H,11-14,17,19H2,(H,33,34). The van der Waals surface area contributed by atoms with Crippen molar-refractivity contribution in [1.82, 2.24) is 9.78 Å². The second kappa shape index (κ2) is 10.4. The Balaban J connectivity index is 1.26. The van der Waals surface area contributed by atoms with Gasteiger partial charge in [0.2, 0.25) is 0 Å². The molecule has 3 aromatic carbocycles. The minimum Gasteiger partial charge on any atom is -0.482 e. The molecule has 5 rings (SSSR count). The van der Waals surface area contributed by atoms with Crippen LogP contribution in [-0.4, -0.2) is 27.5 Å². The maximum atomic E-state index is 10.9. The zero-order valence-corrected chi connectivity index (χ0v) is 20.1. The molecular formula is C29H27ClN2O3. The number of nitrogens with zero attached hydrogens (tertiary/aromatic N) is 2. The Morgan fingerprint density at radius 3 is 2.83 bits per heavy atom. The van der Waals surface area contributed by atoms with Gasteiger partial charge >= 0.3 is 5.97 Å². The number of rotatable bonds is 8. The third-order valence-electron chi connectivity index (χ3n) is 6.57. The predicted octanol–water partition coefficient (Wildman–Crippen LogP) is 6.06. The van der Waals surface area contributed by atoms with E-state index in [2.05, 4.69) is 52.4 Å². The average molecular weight is 487 g/mol. The van der Waals surface area contributed by atoms with E-state index in [0.717, 1.165) is 48.4 Å². The van der Waals surface area contributed by atoms with Crippen LogP contribution in [0.5, 0.6) is 5.75 Å². The number of carbonyl (C=O) groups is 1. The Labute approximate surface area is 209 Å². The summed E-state index contributed by atoms with van der Waals surface area (Å²) < 4.78 is 7.56. The lowest BCUT2D eigenvalue weighted by Crippen LogP contribution is -2.21. The fourth-order valence-corrected chi connectivity index (χ4v) is 5.16. The molecule has 0 saturated heterocycles. The van der Waals surface area contributed by atoms with Crippen molar-refractivity contribution < 1.29 is 14.6 Å². The molecule has 6 heteroatoms. The van der Waals surface area contributed by atoms with Gasteiger partial charge in [0.15, 0.2) is 6.61 Å². The highest BCUT2D eigenvalue weighted by molar-refractivity contribution is 6.30. The van der Waals surface area contributed by atoms with Gasteiger partial charge < -0.3 is 9.84 Å². The molecule has 1 unspecified atom stereocenters. The largest absolute Gasteiger partial charge is 0.482 e. The van der Waals surface area contributed by atoms with Gasteiger partial charge in [-0.05, 0) is 76.8 Å². The molecule has 1 heterocycles. The number of hydrogen-bond donors (Lipinski definition) is 1. The highest BCUT2D eigenvalue weighted by atomic mass is 35.5. The van der Waals surface area contributed by atoms with E-state index in [4.69, 9.17) is 21.4 Å². The van der Waals surface area contributed by atoms with Crippen LogP contribution in [0, 0.1) is 5.92 Å². The van der Waals surface area contributed by atoms with Crippen molar-refractivity contribution in [3.05, 3.63) is 106 Å². The Kier molecular flexibility index (Phi) is 6.87. The summed E-state index contributed by atoms with van der Waals surface area (Å²) >= 11 is 6.23. The summed E-state index contributed by atoms with van der Waals surface area (Å²) in [5, 5.41) is 14.3. The molecule has 0 fully saturated rings. The molecule has 0 aliphatic heterocycles. The first-order valence-corrected chi connectivity index (χ1v) is 12.2. The van der Waals surface area contributed by atoms with Gasteiger partial charge in [0.25, 0.3) is 0 Å². The average Bonchev–Trinajstić information content (AvgIpc) is 3.29. The van der Waals surface area contributed by atoms with Crippen LogP contribution < -0.4 is 4.74 Å². The number of halogens is 1. The smallest absolute Gasteiger partial charge is 0.341 e. The predicted molar refractivity (Wildman–Crippen MR) is 137 cm³/mol. The minimum absolute atomic E-state index is 0.309. The highest BCUT2D eigenvalue weighted by Gasteiger charge is 2.22. The van der Waals surface area contributed by atoms with Crippen LogP contribution in [0.15, 0.2) is 79.1 Å². The molecule has 1 N–H and O–H groups in total. The molecule has 0 radical (unpaired) electrons. The van der Waals surface area contributed by atoms with Crippen molar-refractivity contribution in [2.75, 3.05) is 6.61 Å². The molecule has 4 aromatic rings. The van der Waals surface area contributed by atoms with Gasteiger partial charge in [-0.25, -0.2) is 4.79 Å². The molecule has 178 valence electrons. The fourth-order valence-electron chi connectivity index (χ4n) is 4.97. The van der Waals surface area contributed by atoms with Crippen LogP contribution in [-0.2, 0) is 30.6 Å². The van der Waals surface area contributed by atoms with Crippen LogP contribution in [0.3, 0.4) is 0 Å². The van der Waals surface area contributed by atoms with E-state index in [1.165, 1.54) is 22.3 Å².